The third-order valence-electron chi connectivity index (χ3n) is 2.02. The van der Waals surface area contributed by atoms with Gasteiger partial charge in [0, 0.05) is 0 Å². The van der Waals surface area contributed by atoms with Crippen molar-refractivity contribution < 1.29 is 9.18 Å². The summed E-state index contributed by atoms with van der Waals surface area (Å²) in [6, 6.07) is 6.30. The number of rotatable bonds is 3. The normalized spacial score (nSPS) is 13.1. The number of carbonyl (C=O) groups excluding carboxylic acids is 1. The van der Waals surface area contributed by atoms with Gasteiger partial charge in [0.25, 0.3) is 0 Å². The molecule has 0 aliphatic rings. The van der Waals surface area contributed by atoms with Gasteiger partial charge >= 0.3 is 0 Å². The molecule has 0 N–H and O–H groups in total. The maximum atomic E-state index is 12.6. The molecular weight excluding hydrogens is 179 g/mol. The van der Waals surface area contributed by atoms with Gasteiger partial charge in [-0.05, 0) is 36.6 Å². The molecule has 1 aromatic carbocycles. The van der Waals surface area contributed by atoms with Crippen molar-refractivity contribution in [3.8, 4) is 0 Å². The Hall–Kier alpha value is -1.44. The van der Waals surface area contributed by atoms with Gasteiger partial charge < -0.3 is 0 Å². The van der Waals surface area contributed by atoms with Crippen LogP contribution < -0.4 is 0 Å². The Kier molecular flexibility index (Phi) is 3.57. The molecule has 0 bridgehead atoms. The number of benzene rings is 1. The Morgan fingerprint density at radius 1 is 1.36 bits per heavy atom. The van der Waals surface area contributed by atoms with Crippen LogP contribution in [0.1, 0.15) is 25.3 Å². The first-order valence-electron chi connectivity index (χ1n) is 4.54. The van der Waals surface area contributed by atoms with E-state index in [0.717, 1.165) is 5.56 Å². The van der Waals surface area contributed by atoms with Gasteiger partial charge in [-0.25, -0.2) is 4.39 Å². The summed E-state index contributed by atoms with van der Waals surface area (Å²) in [5.41, 5.74) is 1.00. The monoisotopic (exact) mass is 192 g/mol. The Balaban J connectivity index is 2.74. The molecule has 0 fully saturated rings. The van der Waals surface area contributed by atoms with E-state index in [0.29, 0.717) is 0 Å². The summed E-state index contributed by atoms with van der Waals surface area (Å²) in [5, 5.41) is 0. The van der Waals surface area contributed by atoms with Gasteiger partial charge in [-0.15, -0.1) is 0 Å². The minimum absolute atomic E-state index is 0.0268. The Labute approximate surface area is 83.3 Å². The Bertz CT molecular complexity index is 338. The van der Waals surface area contributed by atoms with E-state index in [2.05, 4.69) is 0 Å². The molecule has 0 spiro atoms. The summed E-state index contributed by atoms with van der Waals surface area (Å²) in [5.74, 6) is -0.0741. The standard InChI is InChI=1S/C12H13FO/c1-9(3-4-10(2)14)11-5-7-12(13)8-6-11/h3-9H,1-2H3/b4-3-. The van der Waals surface area contributed by atoms with Crippen molar-refractivity contribution in [2.75, 3.05) is 0 Å². The van der Waals surface area contributed by atoms with E-state index in [1.54, 1.807) is 12.1 Å². The molecule has 0 aromatic heterocycles. The molecule has 1 aromatic rings. The quantitative estimate of drug-likeness (QED) is 0.672. The molecule has 14 heavy (non-hydrogen) atoms. The van der Waals surface area contributed by atoms with Crippen molar-refractivity contribution in [3.05, 3.63) is 47.8 Å². The molecule has 1 atom stereocenters. The van der Waals surface area contributed by atoms with E-state index in [1.807, 2.05) is 13.0 Å². The SMILES string of the molecule is CC(=O)/C=C\C(C)c1ccc(F)cc1. The molecule has 0 aliphatic carbocycles. The lowest BCUT2D eigenvalue weighted by molar-refractivity contribution is -0.112. The topological polar surface area (TPSA) is 17.1 Å². The van der Waals surface area contributed by atoms with Gasteiger partial charge in [0.15, 0.2) is 5.78 Å². The van der Waals surface area contributed by atoms with Gasteiger partial charge in [-0.1, -0.05) is 25.1 Å². The fourth-order valence-electron chi connectivity index (χ4n) is 1.16. The molecule has 1 nitrogen and oxygen atoms in total. The van der Waals surface area contributed by atoms with E-state index >= 15 is 0 Å². The van der Waals surface area contributed by atoms with Crippen LogP contribution in [0.3, 0.4) is 0 Å². The molecule has 1 unspecified atom stereocenters. The fraction of sp³-hybridized carbons (Fsp3) is 0.250. The molecule has 0 heterocycles. The van der Waals surface area contributed by atoms with Gasteiger partial charge in [-0.2, -0.15) is 0 Å². The minimum atomic E-state index is -0.239. The van der Waals surface area contributed by atoms with Crippen LogP contribution in [-0.4, -0.2) is 5.78 Å². The summed E-state index contributed by atoms with van der Waals surface area (Å²) >= 11 is 0. The molecule has 0 saturated carbocycles. The first kappa shape index (κ1) is 10.6. The average molecular weight is 192 g/mol. The lowest BCUT2D eigenvalue weighted by atomic mass is 10.0. The first-order chi connectivity index (χ1) is 6.59. The molecule has 2 heteroatoms. The van der Waals surface area contributed by atoms with Crippen LogP contribution in [0.5, 0.6) is 0 Å². The van der Waals surface area contributed by atoms with Crippen LogP contribution in [0, 0.1) is 5.82 Å². The van der Waals surface area contributed by atoms with Crippen molar-refractivity contribution in [1.82, 2.24) is 0 Å². The van der Waals surface area contributed by atoms with Crippen LogP contribution in [0.15, 0.2) is 36.4 Å². The zero-order valence-corrected chi connectivity index (χ0v) is 8.33. The van der Waals surface area contributed by atoms with Crippen LogP contribution >= 0.6 is 0 Å². The van der Waals surface area contributed by atoms with Crippen molar-refractivity contribution in [2.45, 2.75) is 19.8 Å². The summed E-state index contributed by atoms with van der Waals surface area (Å²) in [6.45, 7) is 3.47. The Morgan fingerprint density at radius 3 is 2.43 bits per heavy atom. The van der Waals surface area contributed by atoms with E-state index in [9.17, 15) is 9.18 Å². The summed E-state index contributed by atoms with van der Waals surface area (Å²) in [4.78, 5) is 10.7. The first-order valence-corrected chi connectivity index (χ1v) is 4.54. The highest BCUT2D eigenvalue weighted by Gasteiger charge is 2.01. The van der Waals surface area contributed by atoms with Gasteiger partial charge in [0.1, 0.15) is 5.82 Å². The van der Waals surface area contributed by atoms with Crippen molar-refractivity contribution in [3.63, 3.8) is 0 Å². The van der Waals surface area contributed by atoms with Gasteiger partial charge in [0.2, 0.25) is 0 Å². The molecular formula is C12H13FO. The van der Waals surface area contributed by atoms with E-state index in [-0.39, 0.29) is 17.5 Å². The second-order valence-corrected chi connectivity index (χ2v) is 3.31. The number of halogens is 1. The largest absolute Gasteiger partial charge is 0.295 e. The summed E-state index contributed by atoms with van der Waals surface area (Å²) in [6.07, 6.45) is 3.35. The predicted molar refractivity (Wildman–Crippen MR) is 54.6 cm³/mol. The molecule has 0 radical (unpaired) electrons. The molecule has 0 saturated heterocycles. The third kappa shape index (κ3) is 3.13. The van der Waals surface area contributed by atoms with Gasteiger partial charge in [0.05, 0.1) is 0 Å². The molecule has 0 aliphatic heterocycles. The summed E-state index contributed by atoms with van der Waals surface area (Å²) < 4.78 is 12.6. The molecule has 0 amide bonds. The fourth-order valence-corrected chi connectivity index (χ4v) is 1.16. The van der Waals surface area contributed by atoms with Crippen molar-refractivity contribution in [1.29, 1.82) is 0 Å². The number of hydrogen-bond acceptors (Lipinski definition) is 1. The highest BCUT2D eigenvalue weighted by atomic mass is 19.1. The van der Waals surface area contributed by atoms with Crippen LogP contribution in [0.25, 0.3) is 0 Å². The average Bonchev–Trinajstić information content (AvgIpc) is 2.15. The predicted octanol–water partition coefficient (Wildman–Crippen LogP) is 3.07. The van der Waals surface area contributed by atoms with E-state index in [1.165, 1.54) is 25.1 Å². The minimum Gasteiger partial charge on any atom is -0.295 e. The molecule has 1 rings (SSSR count). The number of carbonyl (C=O) groups is 1. The Morgan fingerprint density at radius 2 is 1.93 bits per heavy atom. The van der Waals surface area contributed by atoms with Gasteiger partial charge in [-0.3, -0.25) is 4.79 Å². The maximum absolute atomic E-state index is 12.6. The number of ketones is 1. The van der Waals surface area contributed by atoms with Crippen LogP contribution in [0.4, 0.5) is 4.39 Å². The van der Waals surface area contributed by atoms with Crippen LogP contribution in [0.2, 0.25) is 0 Å². The highest BCUT2D eigenvalue weighted by Crippen LogP contribution is 2.16. The summed E-state index contributed by atoms with van der Waals surface area (Å²) in [7, 11) is 0. The second kappa shape index (κ2) is 4.70. The highest BCUT2D eigenvalue weighted by molar-refractivity contribution is 5.87. The lowest BCUT2D eigenvalue weighted by Crippen LogP contribution is -1.91. The molecule has 74 valence electrons. The van der Waals surface area contributed by atoms with E-state index in [4.69, 9.17) is 0 Å². The smallest absolute Gasteiger partial charge is 0.152 e. The zero-order valence-electron chi connectivity index (χ0n) is 8.33. The van der Waals surface area contributed by atoms with Crippen LogP contribution in [-0.2, 0) is 4.79 Å². The van der Waals surface area contributed by atoms with Crippen molar-refractivity contribution in [2.24, 2.45) is 0 Å². The number of hydrogen-bond donors (Lipinski definition) is 0. The number of allylic oxidation sites excluding steroid dienone is 2. The zero-order chi connectivity index (χ0) is 10.6. The maximum Gasteiger partial charge on any atom is 0.152 e. The van der Waals surface area contributed by atoms with Crippen molar-refractivity contribution >= 4 is 5.78 Å². The second-order valence-electron chi connectivity index (χ2n) is 3.31. The lowest BCUT2D eigenvalue weighted by Gasteiger charge is -2.05. The third-order valence-corrected chi connectivity index (χ3v) is 2.02. The van der Waals surface area contributed by atoms with E-state index < -0.39 is 0 Å².